The van der Waals surface area contributed by atoms with Crippen molar-refractivity contribution in [1.29, 1.82) is 0 Å². The van der Waals surface area contributed by atoms with Crippen molar-refractivity contribution in [2.24, 2.45) is 16.1 Å². The van der Waals surface area contributed by atoms with Crippen LogP contribution >= 0.6 is 0 Å². The number of anilines is 2. The molecule has 234 valence electrons. The average Bonchev–Trinajstić information content (AvgIpc) is 3.40. The zero-order valence-corrected chi connectivity index (χ0v) is 27.0. The van der Waals surface area contributed by atoms with Crippen LogP contribution in [0.4, 0.5) is 22.9 Å². The zero-order chi connectivity index (χ0) is 31.4. The van der Waals surface area contributed by atoms with E-state index in [9.17, 15) is 8.42 Å². The highest BCUT2D eigenvalue weighted by molar-refractivity contribution is 7.89. The number of benzene rings is 2. The highest BCUT2D eigenvalue weighted by Gasteiger charge is 2.29. The summed E-state index contributed by atoms with van der Waals surface area (Å²) >= 11 is 0. The Labute approximate surface area is 259 Å². The summed E-state index contributed by atoms with van der Waals surface area (Å²) in [7, 11) is 0.366. The van der Waals surface area contributed by atoms with Gasteiger partial charge in [-0.1, -0.05) is 0 Å². The highest BCUT2D eigenvalue weighted by Crippen LogP contribution is 2.31. The molecule has 0 saturated carbocycles. The minimum atomic E-state index is -3.60. The Balaban J connectivity index is 1.20. The number of nitrogens with zero attached hydrogens (tertiary/aromatic N) is 7. The first-order valence-corrected chi connectivity index (χ1v) is 16.5. The van der Waals surface area contributed by atoms with E-state index in [1.54, 1.807) is 28.6 Å². The molecular weight excluding hydrogens is 576 g/mol. The van der Waals surface area contributed by atoms with Crippen molar-refractivity contribution < 1.29 is 13.2 Å². The van der Waals surface area contributed by atoms with Crippen LogP contribution in [0, 0.1) is 19.8 Å². The van der Waals surface area contributed by atoms with Crippen molar-refractivity contribution in [2.75, 3.05) is 44.4 Å². The van der Waals surface area contributed by atoms with E-state index in [0.717, 1.165) is 65.3 Å². The molecule has 0 atom stereocenters. The fraction of sp³-hybridized carbons (Fsp3) is 0.438. The number of piperidine rings is 1. The first-order chi connectivity index (χ1) is 21.1. The van der Waals surface area contributed by atoms with Crippen molar-refractivity contribution in [1.82, 2.24) is 18.8 Å². The molecule has 0 aliphatic carbocycles. The van der Waals surface area contributed by atoms with Crippen molar-refractivity contribution in [2.45, 2.75) is 58.1 Å². The molecule has 0 amide bonds. The van der Waals surface area contributed by atoms with E-state index in [1.165, 1.54) is 0 Å². The van der Waals surface area contributed by atoms with Gasteiger partial charge in [0.25, 0.3) is 0 Å². The van der Waals surface area contributed by atoms with Crippen molar-refractivity contribution in [3.8, 4) is 0 Å². The lowest BCUT2D eigenvalue weighted by Crippen LogP contribution is -2.38. The Morgan fingerprint density at radius 2 is 1.59 bits per heavy atom. The molecule has 1 aliphatic rings. The summed E-state index contributed by atoms with van der Waals surface area (Å²) in [5.41, 5.74) is 12.3. The van der Waals surface area contributed by atoms with E-state index in [4.69, 9.17) is 15.5 Å². The van der Waals surface area contributed by atoms with Crippen LogP contribution in [0.25, 0.3) is 11.0 Å². The minimum absolute atomic E-state index is 0.271. The van der Waals surface area contributed by atoms with Gasteiger partial charge in [-0.2, -0.15) is 14.5 Å². The van der Waals surface area contributed by atoms with Crippen molar-refractivity contribution in [3.63, 3.8) is 0 Å². The summed E-state index contributed by atoms with van der Waals surface area (Å²) < 4.78 is 36.4. The summed E-state index contributed by atoms with van der Waals surface area (Å²) in [5.74, 6) is 1.67. The quantitative estimate of drug-likeness (QED) is 0.200. The normalized spacial score (nSPS) is 15.0. The fourth-order valence-electron chi connectivity index (χ4n) is 5.61. The molecule has 2 aromatic carbocycles. The molecule has 0 bridgehead atoms. The Bertz CT molecular complexity index is 1720. The van der Waals surface area contributed by atoms with Crippen LogP contribution < -0.4 is 10.6 Å². The van der Waals surface area contributed by atoms with Crippen LogP contribution in [0.15, 0.2) is 63.7 Å². The van der Waals surface area contributed by atoms with Gasteiger partial charge in [-0.3, -0.25) is 0 Å². The second-order valence-corrected chi connectivity index (χ2v) is 13.4. The molecular formula is C32H42N8O3S. The van der Waals surface area contributed by atoms with Crippen LogP contribution in [0.1, 0.15) is 43.3 Å². The van der Waals surface area contributed by atoms with Gasteiger partial charge in [0.2, 0.25) is 10.0 Å². The molecule has 4 aromatic rings. The third-order valence-electron chi connectivity index (χ3n) is 8.37. The first-order valence-electron chi connectivity index (χ1n) is 15.1. The summed E-state index contributed by atoms with van der Waals surface area (Å²) in [6, 6.07) is 14.4. The molecule has 11 nitrogen and oxygen atoms in total. The number of pyridine rings is 1. The number of sulfonamides is 1. The zero-order valence-electron chi connectivity index (χ0n) is 26.2. The summed E-state index contributed by atoms with van der Waals surface area (Å²) in [6.07, 6.45) is 2.51. The van der Waals surface area contributed by atoms with Gasteiger partial charge < -0.3 is 19.9 Å². The van der Waals surface area contributed by atoms with Gasteiger partial charge in [-0.15, -0.1) is 0 Å². The summed E-state index contributed by atoms with van der Waals surface area (Å²) in [5, 5.41) is 8.55. The third-order valence-corrected chi connectivity index (χ3v) is 10.3. The van der Waals surface area contributed by atoms with Crippen LogP contribution in [0.5, 0.6) is 0 Å². The number of nitrogen functional groups attached to an aromatic ring is 1. The lowest BCUT2D eigenvalue weighted by Gasteiger charge is -2.31. The maximum Gasteiger partial charge on any atom is 0.243 e. The molecule has 2 N–H and O–H groups in total. The van der Waals surface area contributed by atoms with Crippen molar-refractivity contribution in [3.05, 3.63) is 65.6 Å². The molecule has 1 saturated heterocycles. The van der Waals surface area contributed by atoms with E-state index in [0.29, 0.717) is 43.7 Å². The minimum Gasteiger partial charge on any atom is -0.382 e. The van der Waals surface area contributed by atoms with Gasteiger partial charge in [-0.25, -0.2) is 18.4 Å². The number of azo groups is 1. The number of rotatable bonds is 11. The summed E-state index contributed by atoms with van der Waals surface area (Å²) in [4.78, 5) is 11.5. The Kier molecular flexibility index (Phi) is 9.62. The van der Waals surface area contributed by atoms with Crippen molar-refractivity contribution >= 4 is 43.9 Å². The number of fused-ring (bicyclic) bond motifs is 1. The molecule has 1 fully saturated rings. The molecule has 44 heavy (non-hydrogen) atoms. The van der Waals surface area contributed by atoms with Gasteiger partial charge in [-0.05, 0) is 100 Å². The van der Waals surface area contributed by atoms with Crippen LogP contribution in [-0.2, 0) is 27.9 Å². The summed E-state index contributed by atoms with van der Waals surface area (Å²) in [6.45, 7) is 8.72. The second-order valence-electron chi connectivity index (χ2n) is 11.5. The van der Waals surface area contributed by atoms with Crippen LogP contribution in [0.3, 0.4) is 0 Å². The molecule has 0 spiro atoms. The largest absolute Gasteiger partial charge is 0.382 e. The standard InChI is InChI=1S/C32H42N8O3S/c1-6-43-21-29-35-30-31(22(2)23(3)34-32(30)33)40(29)20-17-24-15-18-39(19-16-24)44(41,42)28-13-9-26(10-14-28)37-36-25-7-11-27(12-8-25)38(4)5/h7-14,24H,6,15-21H2,1-5H3,(H2,33,34)/b37-36+. The maximum atomic E-state index is 13.4. The predicted molar refractivity (Wildman–Crippen MR) is 174 cm³/mol. The Morgan fingerprint density at radius 3 is 2.18 bits per heavy atom. The van der Waals surface area contributed by atoms with E-state index < -0.39 is 10.0 Å². The number of hydrogen-bond donors (Lipinski definition) is 1. The van der Waals surface area contributed by atoms with E-state index in [-0.39, 0.29) is 4.90 Å². The van der Waals surface area contributed by atoms with Gasteiger partial charge in [0.05, 0.1) is 21.8 Å². The molecule has 1 aliphatic heterocycles. The Morgan fingerprint density at radius 1 is 0.977 bits per heavy atom. The van der Waals surface area contributed by atoms with Crippen LogP contribution in [-0.4, -0.2) is 61.0 Å². The number of nitrogens with two attached hydrogens (primary N) is 1. The van der Waals surface area contributed by atoms with Gasteiger partial charge in [0, 0.05) is 51.7 Å². The third kappa shape index (κ3) is 6.77. The van der Waals surface area contributed by atoms with Crippen LogP contribution in [0.2, 0.25) is 0 Å². The number of imidazole rings is 1. The second kappa shape index (κ2) is 13.4. The molecule has 2 aromatic heterocycles. The molecule has 0 radical (unpaired) electrons. The fourth-order valence-corrected chi connectivity index (χ4v) is 7.08. The van der Waals surface area contributed by atoms with Gasteiger partial charge >= 0.3 is 0 Å². The first kappa shape index (κ1) is 31.6. The SMILES string of the molecule is CCOCc1nc2c(N)nc(C)c(C)c2n1CCC1CCN(S(=O)(=O)c2ccc(/N=N/c3ccc(N(C)C)cc3)cc2)CC1. The molecule has 0 unspecified atom stereocenters. The molecule has 12 heteroatoms. The van der Waals surface area contributed by atoms with Gasteiger partial charge in [0.1, 0.15) is 17.9 Å². The number of hydrogen-bond acceptors (Lipinski definition) is 9. The monoisotopic (exact) mass is 618 g/mol. The highest BCUT2D eigenvalue weighted by atomic mass is 32.2. The predicted octanol–water partition coefficient (Wildman–Crippen LogP) is 6.14. The number of aromatic nitrogens is 3. The lowest BCUT2D eigenvalue weighted by atomic mass is 9.94. The number of ether oxygens (including phenoxy) is 1. The maximum absolute atomic E-state index is 13.4. The van der Waals surface area contributed by atoms with E-state index in [1.807, 2.05) is 57.1 Å². The van der Waals surface area contributed by atoms with Gasteiger partial charge in [0.15, 0.2) is 5.82 Å². The number of aryl methyl sites for hydroxylation is 3. The topological polar surface area (TPSA) is 131 Å². The van der Waals surface area contributed by atoms with E-state index >= 15 is 0 Å². The average molecular weight is 619 g/mol. The van der Waals surface area contributed by atoms with E-state index in [2.05, 4.69) is 26.7 Å². The smallest absolute Gasteiger partial charge is 0.243 e. The lowest BCUT2D eigenvalue weighted by molar-refractivity contribution is 0.125. The molecule has 5 rings (SSSR count). The molecule has 3 heterocycles. The Hall–Kier alpha value is -3.87.